The largest absolute Gasteiger partial charge is 0.322 e. The Morgan fingerprint density at radius 3 is 2.69 bits per heavy atom. The monoisotopic (exact) mass is 439 g/mol. The molecule has 3 rings (SSSR count). The molecule has 2 aromatic rings. The minimum atomic E-state index is -0.543. The molecule has 0 aliphatic carbocycles. The fourth-order valence-electron chi connectivity index (χ4n) is 2.71. The van der Waals surface area contributed by atoms with E-state index in [4.69, 9.17) is 11.6 Å². The third kappa shape index (κ3) is 4.60. The van der Waals surface area contributed by atoms with Gasteiger partial charge in [0.25, 0.3) is 0 Å². The topological polar surface area (TPSA) is 61.4 Å². The highest BCUT2D eigenvalue weighted by atomic mass is 79.9. The van der Waals surface area contributed by atoms with Crippen LogP contribution in [0.1, 0.15) is 18.0 Å². The van der Waals surface area contributed by atoms with E-state index >= 15 is 0 Å². The maximum absolute atomic E-state index is 13.8. The molecule has 0 aromatic heterocycles. The quantitative estimate of drug-likeness (QED) is 0.762. The van der Waals surface area contributed by atoms with Crippen LogP contribution in [0.15, 0.2) is 46.9 Å². The Bertz CT molecular complexity index is 832. The van der Waals surface area contributed by atoms with Crippen LogP contribution in [-0.2, 0) is 9.59 Å². The number of nitrogens with one attached hydrogen (secondary N) is 2. The molecule has 8 heteroatoms. The standard InChI is InChI=1S/C18H16BrClFN3O2/c19-12-3-6-15(14(21)7-12)23-17(25)9-24-10-22-16(8-18(24)26)11-1-4-13(20)5-2-11/h1-7,16,22H,8-10H2,(H,23,25). The maximum atomic E-state index is 13.8. The molecule has 0 radical (unpaired) electrons. The van der Waals surface area contributed by atoms with Crippen LogP contribution < -0.4 is 10.6 Å². The number of benzene rings is 2. The normalized spacial score (nSPS) is 17.3. The molecule has 1 saturated heterocycles. The van der Waals surface area contributed by atoms with Gasteiger partial charge in [-0.25, -0.2) is 4.39 Å². The van der Waals surface area contributed by atoms with Gasteiger partial charge in [0, 0.05) is 22.0 Å². The Morgan fingerprint density at radius 1 is 1.31 bits per heavy atom. The fourth-order valence-corrected chi connectivity index (χ4v) is 3.17. The van der Waals surface area contributed by atoms with Crippen molar-refractivity contribution >= 4 is 45.0 Å². The molecule has 1 fully saturated rings. The first-order valence-corrected chi connectivity index (χ1v) is 9.11. The molecule has 1 atom stereocenters. The van der Waals surface area contributed by atoms with E-state index in [0.717, 1.165) is 5.56 Å². The number of hydrogen-bond donors (Lipinski definition) is 2. The first-order chi connectivity index (χ1) is 12.4. The molecule has 1 unspecified atom stereocenters. The highest BCUT2D eigenvalue weighted by Crippen LogP contribution is 2.23. The first-order valence-electron chi connectivity index (χ1n) is 7.94. The predicted molar refractivity (Wildman–Crippen MR) is 101 cm³/mol. The van der Waals surface area contributed by atoms with Gasteiger partial charge in [0.05, 0.1) is 12.4 Å². The zero-order valence-corrected chi connectivity index (χ0v) is 16.0. The molecule has 2 aromatic carbocycles. The van der Waals surface area contributed by atoms with Gasteiger partial charge in [0.15, 0.2) is 0 Å². The van der Waals surface area contributed by atoms with Gasteiger partial charge < -0.3 is 10.2 Å². The number of rotatable bonds is 4. The average molecular weight is 441 g/mol. The van der Waals surface area contributed by atoms with Crippen molar-refractivity contribution in [2.24, 2.45) is 0 Å². The molecule has 1 heterocycles. The van der Waals surface area contributed by atoms with Crippen LogP contribution in [-0.4, -0.2) is 29.9 Å². The second kappa shape index (κ2) is 8.16. The van der Waals surface area contributed by atoms with Crippen LogP contribution >= 0.6 is 27.5 Å². The Kier molecular flexibility index (Phi) is 5.90. The zero-order chi connectivity index (χ0) is 18.7. The van der Waals surface area contributed by atoms with Gasteiger partial charge in [0.1, 0.15) is 12.4 Å². The van der Waals surface area contributed by atoms with E-state index in [2.05, 4.69) is 26.6 Å². The maximum Gasteiger partial charge on any atom is 0.244 e. The highest BCUT2D eigenvalue weighted by molar-refractivity contribution is 9.10. The van der Waals surface area contributed by atoms with Gasteiger partial charge >= 0.3 is 0 Å². The van der Waals surface area contributed by atoms with Crippen LogP contribution in [0.2, 0.25) is 5.02 Å². The lowest BCUT2D eigenvalue weighted by molar-refractivity contribution is -0.138. The van der Waals surface area contributed by atoms with Crippen LogP contribution in [0.4, 0.5) is 10.1 Å². The van der Waals surface area contributed by atoms with E-state index < -0.39 is 11.7 Å². The first kappa shape index (κ1) is 18.8. The van der Waals surface area contributed by atoms with Crippen molar-refractivity contribution in [1.29, 1.82) is 0 Å². The third-order valence-electron chi connectivity index (χ3n) is 4.07. The molecule has 0 spiro atoms. The van der Waals surface area contributed by atoms with Crippen molar-refractivity contribution in [1.82, 2.24) is 10.2 Å². The zero-order valence-electron chi connectivity index (χ0n) is 13.6. The van der Waals surface area contributed by atoms with E-state index in [1.807, 2.05) is 12.1 Å². The number of anilines is 1. The number of amides is 2. The molecular formula is C18H16BrClFN3O2. The minimum Gasteiger partial charge on any atom is -0.322 e. The lowest BCUT2D eigenvalue weighted by Gasteiger charge is -2.32. The van der Waals surface area contributed by atoms with Crippen molar-refractivity contribution in [3.63, 3.8) is 0 Å². The van der Waals surface area contributed by atoms with E-state index in [1.54, 1.807) is 18.2 Å². The van der Waals surface area contributed by atoms with E-state index in [-0.39, 0.29) is 37.3 Å². The molecule has 0 bridgehead atoms. The summed E-state index contributed by atoms with van der Waals surface area (Å²) in [5.74, 6) is -1.14. The minimum absolute atomic E-state index is 0.0784. The molecule has 5 nitrogen and oxygen atoms in total. The summed E-state index contributed by atoms with van der Waals surface area (Å²) in [5.41, 5.74) is 1.04. The molecule has 2 N–H and O–H groups in total. The Hall–Kier alpha value is -1.96. The summed E-state index contributed by atoms with van der Waals surface area (Å²) in [7, 11) is 0. The van der Waals surface area contributed by atoms with Gasteiger partial charge in [-0.05, 0) is 35.9 Å². The lowest BCUT2D eigenvalue weighted by Crippen LogP contribution is -2.49. The second-order valence-corrected chi connectivity index (χ2v) is 7.29. The number of hydrogen-bond acceptors (Lipinski definition) is 3. The van der Waals surface area contributed by atoms with E-state index in [9.17, 15) is 14.0 Å². The fraction of sp³-hybridized carbons (Fsp3) is 0.222. The Balaban J connectivity index is 1.57. The number of carbonyl (C=O) groups is 2. The molecule has 136 valence electrons. The van der Waals surface area contributed by atoms with E-state index in [0.29, 0.717) is 9.50 Å². The molecule has 2 amide bonds. The molecule has 26 heavy (non-hydrogen) atoms. The van der Waals surface area contributed by atoms with Crippen molar-refractivity contribution in [2.45, 2.75) is 12.5 Å². The average Bonchev–Trinajstić information content (AvgIpc) is 2.60. The predicted octanol–water partition coefficient (Wildman–Crippen LogP) is 3.70. The molecule has 1 aliphatic rings. The summed E-state index contributed by atoms with van der Waals surface area (Å²) in [6.45, 7) is 0.0943. The lowest BCUT2D eigenvalue weighted by atomic mass is 10.0. The summed E-state index contributed by atoms with van der Waals surface area (Å²) < 4.78 is 14.4. The van der Waals surface area contributed by atoms with E-state index in [1.165, 1.54) is 17.0 Å². The van der Waals surface area contributed by atoms with Crippen molar-refractivity contribution in [3.05, 3.63) is 63.3 Å². The van der Waals surface area contributed by atoms with Gasteiger partial charge in [-0.15, -0.1) is 0 Å². The van der Waals surface area contributed by atoms with Gasteiger partial charge in [-0.3, -0.25) is 14.9 Å². The summed E-state index contributed by atoms with van der Waals surface area (Å²) in [6, 6.07) is 11.5. The summed E-state index contributed by atoms with van der Waals surface area (Å²) >= 11 is 9.03. The van der Waals surface area contributed by atoms with Crippen LogP contribution in [0.5, 0.6) is 0 Å². The van der Waals surface area contributed by atoms with Crippen LogP contribution in [0.3, 0.4) is 0 Å². The van der Waals surface area contributed by atoms with Gasteiger partial charge in [0.2, 0.25) is 11.8 Å². The Labute approximate surface area is 163 Å². The summed E-state index contributed by atoms with van der Waals surface area (Å²) in [4.78, 5) is 25.9. The SMILES string of the molecule is O=C(CN1CNC(c2ccc(Cl)cc2)CC1=O)Nc1ccc(Br)cc1F. The summed E-state index contributed by atoms with van der Waals surface area (Å²) in [5, 5.41) is 6.34. The van der Waals surface area contributed by atoms with Crippen molar-refractivity contribution in [2.75, 3.05) is 18.5 Å². The van der Waals surface area contributed by atoms with Crippen LogP contribution in [0.25, 0.3) is 0 Å². The van der Waals surface area contributed by atoms with Crippen molar-refractivity contribution < 1.29 is 14.0 Å². The molecule has 0 saturated carbocycles. The second-order valence-electron chi connectivity index (χ2n) is 5.93. The number of carbonyl (C=O) groups excluding carboxylic acids is 2. The smallest absolute Gasteiger partial charge is 0.244 e. The molecule has 1 aliphatic heterocycles. The van der Waals surface area contributed by atoms with Gasteiger partial charge in [-0.2, -0.15) is 0 Å². The Morgan fingerprint density at radius 2 is 2.04 bits per heavy atom. The van der Waals surface area contributed by atoms with Crippen molar-refractivity contribution in [3.8, 4) is 0 Å². The number of halogens is 3. The van der Waals surface area contributed by atoms with Gasteiger partial charge in [-0.1, -0.05) is 39.7 Å². The third-order valence-corrected chi connectivity index (χ3v) is 4.82. The highest BCUT2D eigenvalue weighted by Gasteiger charge is 2.27. The molecular weight excluding hydrogens is 425 g/mol. The van der Waals surface area contributed by atoms with Crippen LogP contribution in [0, 0.1) is 5.82 Å². The number of nitrogens with zero attached hydrogens (tertiary/aromatic N) is 1. The summed E-state index contributed by atoms with van der Waals surface area (Å²) in [6.07, 6.45) is 0.238.